The third kappa shape index (κ3) is 2.45. The van der Waals surface area contributed by atoms with Crippen molar-refractivity contribution >= 4 is 15.9 Å². The van der Waals surface area contributed by atoms with E-state index in [1.807, 2.05) is 0 Å². The summed E-state index contributed by atoms with van der Waals surface area (Å²) in [5.41, 5.74) is 0.623. The second-order valence-corrected chi connectivity index (χ2v) is 7.05. The van der Waals surface area contributed by atoms with Crippen LogP contribution in [0.5, 0.6) is 0 Å². The van der Waals surface area contributed by atoms with Crippen molar-refractivity contribution in [2.24, 2.45) is 10.9 Å². The first-order chi connectivity index (χ1) is 9.58. The normalized spacial score (nSPS) is 29.9. The second kappa shape index (κ2) is 5.18. The monoisotopic (exact) mass is 294 g/mol. The minimum atomic E-state index is -3.46. The van der Waals surface area contributed by atoms with E-state index in [1.54, 1.807) is 24.3 Å². The molecule has 0 amide bonds. The lowest BCUT2D eigenvalue weighted by Crippen LogP contribution is -2.28. The lowest BCUT2D eigenvalue weighted by atomic mass is 9.87. The molecule has 2 aliphatic rings. The number of aliphatic imine (C=N–C) groups is 1. The Kier molecular flexibility index (Phi) is 3.52. The predicted octanol–water partition coefficient (Wildman–Crippen LogP) is 1.28. The third-order valence-electron chi connectivity index (χ3n) is 4.02. The van der Waals surface area contributed by atoms with E-state index in [-0.39, 0.29) is 16.9 Å². The molecule has 1 aromatic carbocycles. The Balaban J connectivity index is 1.83. The summed E-state index contributed by atoms with van der Waals surface area (Å²) in [5.74, 6) is 0.534. The van der Waals surface area contributed by atoms with Crippen LogP contribution in [0, 0.1) is 5.92 Å². The van der Waals surface area contributed by atoms with Crippen molar-refractivity contribution in [2.45, 2.75) is 36.7 Å². The van der Waals surface area contributed by atoms with Gasteiger partial charge in [-0.25, -0.2) is 8.42 Å². The van der Waals surface area contributed by atoms with Crippen molar-refractivity contribution in [2.75, 3.05) is 6.54 Å². The number of hydrogen-bond acceptors (Lipinski definition) is 4. The summed E-state index contributed by atoms with van der Waals surface area (Å²) < 4.78 is 26.4. The number of hydrogen-bond donors (Lipinski definition) is 2. The molecule has 0 aromatic heterocycles. The Morgan fingerprint density at radius 3 is 2.80 bits per heavy atom. The highest BCUT2D eigenvalue weighted by atomic mass is 32.2. The van der Waals surface area contributed by atoms with Crippen molar-refractivity contribution in [3.05, 3.63) is 29.8 Å². The van der Waals surface area contributed by atoms with Crippen molar-refractivity contribution in [1.82, 2.24) is 4.72 Å². The molecule has 0 saturated heterocycles. The van der Waals surface area contributed by atoms with Gasteiger partial charge in [0.15, 0.2) is 0 Å². The van der Waals surface area contributed by atoms with Gasteiger partial charge in [-0.1, -0.05) is 25.0 Å². The zero-order valence-electron chi connectivity index (χ0n) is 11.1. The molecule has 0 radical (unpaired) electrons. The summed E-state index contributed by atoms with van der Waals surface area (Å²) in [4.78, 5) is 4.68. The molecule has 2 unspecified atom stereocenters. The van der Waals surface area contributed by atoms with Crippen LogP contribution in [0.25, 0.3) is 0 Å². The fraction of sp³-hybridized carbons (Fsp3) is 0.500. The zero-order valence-corrected chi connectivity index (χ0v) is 11.9. The number of nitrogens with one attached hydrogen (secondary N) is 1. The number of rotatable bonds is 2. The van der Waals surface area contributed by atoms with Crippen LogP contribution in [0.4, 0.5) is 0 Å². The van der Waals surface area contributed by atoms with Crippen LogP contribution in [0.3, 0.4) is 0 Å². The number of benzene rings is 1. The molecule has 2 atom stereocenters. The van der Waals surface area contributed by atoms with Gasteiger partial charge in [0.1, 0.15) is 5.84 Å². The molecule has 1 saturated carbocycles. The van der Waals surface area contributed by atoms with Crippen molar-refractivity contribution in [1.29, 1.82) is 0 Å². The Hall–Kier alpha value is -1.40. The van der Waals surface area contributed by atoms with E-state index in [2.05, 4.69) is 9.71 Å². The Morgan fingerprint density at radius 1 is 1.25 bits per heavy atom. The summed E-state index contributed by atoms with van der Waals surface area (Å²) in [6, 6.07) is 6.83. The Labute approximate surface area is 118 Å². The minimum absolute atomic E-state index is 0.133. The molecule has 108 valence electrons. The van der Waals surface area contributed by atoms with Crippen LogP contribution in [0.2, 0.25) is 0 Å². The first-order valence-corrected chi connectivity index (χ1v) is 8.41. The maximum Gasteiger partial charge on any atom is 0.263 e. The molecular formula is C14H18N2O3S. The summed E-state index contributed by atoms with van der Waals surface area (Å²) >= 11 is 0. The molecule has 1 heterocycles. The largest absolute Gasteiger partial charge is 0.393 e. The van der Waals surface area contributed by atoms with E-state index >= 15 is 0 Å². The SMILES string of the molecule is O=S1(=O)NC(=NCC2CCCCC2O)c2ccccc21. The highest BCUT2D eigenvalue weighted by Gasteiger charge is 2.30. The molecule has 0 bridgehead atoms. The van der Waals surface area contributed by atoms with Gasteiger partial charge >= 0.3 is 0 Å². The minimum Gasteiger partial charge on any atom is -0.393 e. The van der Waals surface area contributed by atoms with Crippen LogP contribution < -0.4 is 4.72 Å². The zero-order chi connectivity index (χ0) is 14.2. The average molecular weight is 294 g/mol. The highest BCUT2D eigenvalue weighted by Crippen LogP contribution is 2.26. The van der Waals surface area contributed by atoms with Crippen LogP contribution in [0.15, 0.2) is 34.2 Å². The van der Waals surface area contributed by atoms with Crippen LogP contribution in [-0.2, 0) is 10.0 Å². The van der Waals surface area contributed by atoms with E-state index in [0.29, 0.717) is 17.9 Å². The van der Waals surface area contributed by atoms with Crippen LogP contribution in [0.1, 0.15) is 31.2 Å². The van der Waals surface area contributed by atoms with E-state index in [9.17, 15) is 13.5 Å². The topological polar surface area (TPSA) is 78.8 Å². The molecule has 3 rings (SSSR count). The highest BCUT2D eigenvalue weighted by molar-refractivity contribution is 7.90. The predicted molar refractivity (Wildman–Crippen MR) is 76.1 cm³/mol. The third-order valence-corrected chi connectivity index (χ3v) is 5.41. The number of fused-ring (bicyclic) bond motifs is 1. The Bertz CT molecular complexity index is 640. The van der Waals surface area contributed by atoms with E-state index in [0.717, 1.165) is 25.7 Å². The van der Waals surface area contributed by atoms with E-state index in [4.69, 9.17) is 0 Å². The van der Waals surface area contributed by atoms with Gasteiger partial charge in [0.2, 0.25) is 0 Å². The van der Waals surface area contributed by atoms with Gasteiger partial charge in [-0.15, -0.1) is 0 Å². The quantitative estimate of drug-likeness (QED) is 0.862. The molecule has 1 aliphatic carbocycles. The van der Waals surface area contributed by atoms with Gasteiger partial charge in [0, 0.05) is 18.0 Å². The molecule has 1 aromatic rings. The molecule has 2 N–H and O–H groups in total. The smallest absolute Gasteiger partial charge is 0.263 e. The van der Waals surface area contributed by atoms with Gasteiger partial charge in [-0.3, -0.25) is 9.71 Å². The molecule has 1 aliphatic heterocycles. The summed E-state index contributed by atoms with van der Waals surface area (Å²) in [6.45, 7) is 0.466. The average Bonchev–Trinajstić information content (AvgIpc) is 2.70. The lowest BCUT2D eigenvalue weighted by Gasteiger charge is -2.26. The van der Waals surface area contributed by atoms with E-state index in [1.165, 1.54) is 0 Å². The molecule has 20 heavy (non-hydrogen) atoms. The standard InChI is InChI=1S/C14H18N2O3S/c17-12-7-3-1-5-10(12)9-15-14-11-6-2-4-8-13(11)20(18,19)16-14/h2,4,6,8,10,12,17H,1,3,5,7,9H2,(H,15,16). The van der Waals surface area contributed by atoms with Gasteiger partial charge in [0.25, 0.3) is 10.0 Å². The maximum atomic E-state index is 11.9. The summed E-state index contributed by atoms with van der Waals surface area (Å²) in [5, 5.41) is 9.93. The molecule has 1 fully saturated rings. The Morgan fingerprint density at radius 2 is 2.00 bits per heavy atom. The van der Waals surface area contributed by atoms with Crippen molar-refractivity contribution in [3.63, 3.8) is 0 Å². The summed E-state index contributed by atoms with van der Waals surface area (Å²) in [7, 11) is -3.46. The second-order valence-electron chi connectivity index (χ2n) is 5.40. The van der Waals surface area contributed by atoms with Crippen LogP contribution >= 0.6 is 0 Å². The molecule has 5 nitrogen and oxygen atoms in total. The van der Waals surface area contributed by atoms with Gasteiger partial charge in [0.05, 0.1) is 11.0 Å². The fourth-order valence-corrected chi connectivity index (χ4v) is 4.11. The number of aliphatic hydroxyl groups is 1. The first kappa shape index (κ1) is 13.6. The van der Waals surface area contributed by atoms with Crippen molar-refractivity contribution < 1.29 is 13.5 Å². The maximum absolute atomic E-state index is 11.9. The lowest BCUT2D eigenvalue weighted by molar-refractivity contribution is 0.0745. The number of aliphatic hydroxyl groups excluding tert-OH is 1. The fourth-order valence-electron chi connectivity index (χ4n) is 2.86. The first-order valence-electron chi connectivity index (χ1n) is 6.93. The van der Waals surface area contributed by atoms with Crippen molar-refractivity contribution in [3.8, 4) is 0 Å². The van der Waals surface area contributed by atoms with Gasteiger partial charge in [-0.2, -0.15) is 0 Å². The summed E-state index contributed by atoms with van der Waals surface area (Å²) in [6.07, 6.45) is 3.62. The molecular weight excluding hydrogens is 276 g/mol. The molecule has 0 spiro atoms. The van der Waals surface area contributed by atoms with Gasteiger partial charge in [-0.05, 0) is 25.0 Å². The number of amidine groups is 1. The van der Waals surface area contributed by atoms with Crippen LogP contribution in [-0.4, -0.2) is 32.0 Å². The number of nitrogens with zero attached hydrogens (tertiary/aromatic N) is 1. The molecule has 6 heteroatoms. The van der Waals surface area contributed by atoms with Gasteiger partial charge < -0.3 is 5.11 Å². The number of sulfonamides is 1. The van der Waals surface area contributed by atoms with E-state index < -0.39 is 10.0 Å².